The molecule has 2 atom stereocenters. The van der Waals surface area contributed by atoms with E-state index < -0.39 is 0 Å². The van der Waals surface area contributed by atoms with Gasteiger partial charge in [0.15, 0.2) is 5.82 Å². The number of nitrogens with one attached hydrogen (secondary N) is 1. The smallest absolute Gasteiger partial charge is 0.165 e. The van der Waals surface area contributed by atoms with E-state index >= 15 is 0 Å². The van der Waals surface area contributed by atoms with E-state index in [1.807, 2.05) is 60.8 Å². The molecule has 6 nitrogen and oxygen atoms in total. The Balaban J connectivity index is 1.38. The second-order valence-electron chi connectivity index (χ2n) is 7.75. The fraction of sp³-hybridized carbons (Fsp3) is 0.160. The van der Waals surface area contributed by atoms with Crippen LogP contribution in [0.3, 0.4) is 0 Å². The maximum atomic E-state index is 10.3. The van der Waals surface area contributed by atoms with Crippen molar-refractivity contribution in [2.24, 2.45) is 10.7 Å². The largest absolute Gasteiger partial charge is 0.507 e. The predicted molar refractivity (Wildman–Crippen MR) is 125 cm³/mol. The molecule has 1 aliphatic rings. The first-order valence-corrected chi connectivity index (χ1v) is 10.4. The van der Waals surface area contributed by atoms with Crippen molar-refractivity contribution < 1.29 is 5.11 Å². The van der Waals surface area contributed by atoms with Gasteiger partial charge in [0.25, 0.3) is 0 Å². The van der Waals surface area contributed by atoms with Gasteiger partial charge in [0.1, 0.15) is 11.6 Å². The molecule has 1 unspecified atom stereocenters. The molecule has 1 aliphatic heterocycles. The van der Waals surface area contributed by atoms with E-state index in [2.05, 4.69) is 21.4 Å². The molecule has 0 fully saturated rings. The minimum absolute atomic E-state index is 0.0788. The molecular weight excluding hydrogens is 386 g/mol. The van der Waals surface area contributed by atoms with Crippen LogP contribution in [-0.4, -0.2) is 33.9 Å². The summed E-state index contributed by atoms with van der Waals surface area (Å²) < 4.78 is 0. The van der Waals surface area contributed by atoms with Crippen LogP contribution in [0.4, 0.5) is 11.5 Å². The lowest BCUT2D eigenvalue weighted by molar-refractivity contribution is 0.477. The minimum Gasteiger partial charge on any atom is -0.507 e. The standard InChI is InChI=1S/C25H23N5O/c26-17(13-16-14-27-21-10-4-1-7-18(16)21)15-28-24-19-8-2-5-11-22(19)29-25(30-24)20-9-3-6-12-23(20)31/h1-12,14,16-17,31H,13,15,26H2,(H,28,29,30)/t16?,17-/m0/s1. The van der Waals surface area contributed by atoms with Crippen molar-refractivity contribution in [3.8, 4) is 17.1 Å². The number of anilines is 1. The predicted octanol–water partition coefficient (Wildman–Crippen LogP) is 4.63. The lowest BCUT2D eigenvalue weighted by atomic mass is 9.94. The molecule has 0 aliphatic carbocycles. The summed E-state index contributed by atoms with van der Waals surface area (Å²) in [6.45, 7) is 0.563. The normalized spacial score (nSPS) is 15.7. The van der Waals surface area contributed by atoms with Gasteiger partial charge in [0, 0.05) is 30.1 Å². The van der Waals surface area contributed by atoms with Gasteiger partial charge in [0.2, 0.25) is 0 Å². The molecule has 0 amide bonds. The van der Waals surface area contributed by atoms with E-state index in [1.54, 1.807) is 12.1 Å². The first-order valence-electron chi connectivity index (χ1n) is 10.4. The average molecular weight is 409 g/mol. The number of rotatable bonds is 6. The van der Waals surface area contributed by atoms with E-state index in [4.69, 9.17) is 10.7 Å². The Morgan fingerprint density at radius 3 is 2.61 bits per heavy atom. The van der Waals surface area contributed by atoms with Crippen LogP contribution in [0.2, 0.25) is 0 Å². The van der Waals surface area contributed by atoms with Gasteiger partial charge in [-0.3, -0.25) is 4.99 Å². The lowest BCUT2D eigenvalue weighted by Gasteiger charge is -2.18. The van der Waals surface area contributed by atoms with Gasteiger partial charge in [-0.2, -0.15) is 0 Å². The third-order valence-corrected chi connectivity index (χ3v) is 5.57. The minimum atomic E-state index is -0.0788. The number of fused-ring (bicyclic) bond motifs is 2. The fourth-order valence-electron chi connectivity index (χ4n) is 3.99. The summed E-state index contributed by atoms with van der Waals surface area (Å²) in [5, 5.41) is 14.6. The second kappa shape index (κ2) is 8.16. The summed E-state index contributed by atoms with van der Waals surface area (Å²) in [5.74, 6) is 1.57. The average Bonchev–Trinajstić information content (AvgIpc) is 3.20. The van der Waals surface area contributed by atoms with E-state index in [0.717, 1.165) is 23.0 Å². The number of aromatic nitrogens is 2. The molecule has 0 bridgehead atoms. The molecule has 5 rings (SSSR count). The molecule has 3 aromatic carbocycles. The molecular formula is C25H23N5O. The quantitative estimate of drug-likeness (QED) is 0.431. The van der Waals surface area contributed by atoms with Crippen molar-refractivity contribution in [1.82, 2.24) is 9.97 Å². The molecule has 4 N–H and O–H groups in total. The number of phenolic OH excluding ortho intramolecular Hbond substituents is 1. The van der Waals surface area contributed by atoms with Crippen molar-refractivity contribution in [2.75, 3.05) is 11.9 Å². The summed E-state index contributed by atoms with van der Waals surface area (Å²) in [4.78, 5) is 13.9. The highest BCUT2D eigenvalue weighted by atomic mass is 16.3. The Kier molecular flexibility index (Phi) is 5.06. The Morgan fingerprint density at radius 2 is 1.71 bits per heavy atom. The lowest BCUT2D eigenvalue weighted by Crippen LogP contribution is -2.31. The summed E-state index contributed by atoms with van der Waals surface area (Å²) in [6.07, 6.45) is 2.78. The summed E-state index contributed by atoms with van der Waals surface area (Å²) in [7, 11) is 0. The maximum Gasteiger partial charge on any atom is 0.165 e. The molecule has 0 spiro atoms. The van der Waals surface area contributed by atoms with Gasteiger partial charge in [-0.15, -0.1) is 0 Å². The Bertz CT molecular complexity index is 1270. The zero-order valence-electron chi connectivity index (χ0n) is 16.9. The molecule has 6 heteroatoms. The number of aromatic hydroxyl groups is 1. The van der Waals surface area contributed by atoms with Gasteiger partial charge in [-0.25, -0.2) is 9.97 Å². The third kappa shape index (κ3) is 3.85. The number of hydrogen-bond acceptors (Lipinski definition) is 6. The highest BCUT2D eigenvalue weighted by Gasteiger charge is 2.21. The molecule has 0 saturated carbocycles. The fourth-order valence-corrected chi connectivity index (χ4v) is 3.99. The van der Waals surface area contributed by atoms with Crippen LogP contribution < -0.4 is 11.1 Å². The number of aliphatic imine (C=N–C) groups is 1. The number of nitrogens with zero attached hydrogens (tertiary/aromatic N) is 3. The Morgan fingerprint density at radius 1 is 0.935 bits per heavy atom. The monoisotopic (exact) mass is 409 g/mol. The van der Waals surface area contributed by atoms with Gasteiger partial charge in [-0.05, 0) is 42.3 Å². The molecule has 2 heterocycles. The Labute approximate surface area is 180 Å². The zero-order valence-corrected chi connectivity index (χ0v) is 16.9. The van der Waals surface area contributed by atoms with E-state index in [-0.39, 0.29) is 17.7 Å². The second-order valence-corrected chi connectivity index (χ2v) is 7.75. The van der Waals surface area contributed by atoms with Crippen LogP contribution in [-0.2, 0) is 0 Å². The molecule has 31 heavy (non-hydrogen) atoms. The summed E-state index contributed by atoms with van der Waals surface area (Å²) in [5.41, 5.74) is 10.1. The van der Waals surface area contributed by atoms with Gasteiger partial charge in [-0.1, -0.05) is 42.5 Å². The third-order valence-electron chi connectivity index (χ3n) is 5.57. The molecule has 4 aromatic rings. The van der Waals surface area contributed by atoms with E-state index in [1.165, 1.54) is 5.56 Å². The van der Waals surface area contributed by atoms with Crippen molar-refractivity contribution in [1.29, 1.82) is 0 Å². The van der Waals surface area contributed by atoms with Crippen LogP contribution in [0.1, 0.15) is 17.9 Å². The number of benzene rings is 3. The van der Waals surface area contributed by atoms with Crippen LogP contribution in [0.15, 0.2) is 77.8 Å². The van der Waals surface area contributed by atoms with Crippen LogP contribution in [0.5, 0.6) is 5.75 Å². The van der Waals surface area contributed by atoms with E-state index in [9.17, 15) is 5.11 Å². The van der Waals surface area contributed by atoms with Gasteiger partial charge in [0.05, 0.1) is 16.8 Å². The van der Waals surface area contributed by atoms with Crippen molar-refractivity contribution in [2.45, 2.75) is 18.4 Å². The van der Waals surface area contributed by atoms with Crippen molar-refractivity contribution >= 4 is 28.6 Å². The van der Waals surface area contributed by atoms with Crippen LogP contribution in [0, 0.1) is 0 Å². The van der Waals surface area contributed by atoms with Crippen molar-refractivity contribution in [3.63, 3.8) is 0 Å². The zero-order chi connectivity index (χ0) is 21.2. The molecule has 1 aromatic heterocycles. The first-order chi connectivity index (χ1) is 15.2. The topological polar surface area (TPSA) is 96.4 Å². The SMILES string of the molecule is N[C@H](CNc1nc(-c2ccccc2O)nc2ccccc12)CC1C=Nc2ccccc21. The first kappa shape index (κ1) is 19.2. The Hall–Kier alpha value is -3.77. The van der Waals surface area contributed by atoms with Gasteiger partial charge < -0.3 is 16.2 Å². The number of nitrogens with two attached hydrogens (primary N) is 1. The van der Waals surface area contributed by atoms with Gasteiger partial charge >= 0.3 is 0 Å². The maximum absolute atomic E-state index is 10.3. The van der Waals surface area contributed by atoms with Crippen LogP contribution >= 0.6 is 0 Å². The van der Waals surface area contributed by atoms with Crippen molar-refractivity contribution in [3.05, 3.63) is 78.4 Å². The summed E-state index contributed by atoms with van der Waals surface area (Å²) >= 11 is 0. The molecule has 0 radical (unpaired) electrons. The highest BCUT2D eigenvalue weighted by molar-refractivity contribution is 5.91. The number of para-hydroxylation sites is 3. The summed E-state index contributed by atoms with van der Waals surface area (Å²) in [6, 6.07) is 23.0. The number of hydrogen-bond donors (Lipinski definition) is 3. The highest BCUT2D eigenvalue weighted by Crippen LogP contribution is 2.34. The van der Waals surface area contributed by atoms with E-state index in [0.29, 0.717) is 23.8 Å². The van der Waals surface area contributed by atoms with Crippen LogP contribution in [0.25, 0.3) is 22.3 Å². The molecule has 0 saturated heterocycles. The molecule has 154 valence electrons. The number of phenols is 1.